The molecule has 0 saturated carbocycles. The first kappa shape index (κ1) is 16.1. The van der Waals surface area contributed by atoms with E-state index in [1.807, 2.05) is 0 Å². The summed E-state index contributed by atoms with van der Waals surface area (Å²) in [6.07, 6.45) is 0. The lowest BCUT2D eigenvalue weighted by molar-refractivity contribution is -0.141. The lowest BCUT2D eigenvalue weighted by Gasteiger charge is -2.06. The van der Waals surface area contributed by atoms with Crippen molar-refractivity contribution in [3.05, 3.63) is 58.1 Å². The highest BCUT2D eigenvalue weighted by atomic mass is 35.5. The van der Waals surface area contributed by atoms with Crippen LogP contribution in [0.25, 0.3) is 0 Å². The summed E-state index contributed by atoms with van der Waals surface area (Å²) >= 11 is 12.7. The maximum Gasteiger partial charge on any atom is 0.316 e. The van der Waals surface area contributed by atoms with E-state index >= 15 is 0 Å². The molecule has 7 heteroatoms. The van der Waals surface area contributed by atoms with Crippen LogP contribution >= 0.6 is 35.0 Å². The summed E-state index contributed by atoms with van der Waals surface area (Å²) < 4.78 is 18.4. The van der Waals surface area contributed by atoms with Crippen LogP contribution in [0.2, 0.25) is 10.2 Å². The van der Waals surface area contributed by atoms with Crippen LogP contribution in [-0.4, -0.2) is 16.7 Å². The Balaban J connectivity index is 1.85. The van der Waals surface area contributed by atoms with Gasteiger partial charge in [-0.25, -0.2) is 9.37 Å². The number of nitrogens with zero attached hydrogens (tertiary/aromatic N) is 1. The Labute approximate surface area is 135 Å². The quantitative estimate of drug-likeness (QED) is 0.458. The molecule has 2 rings (SSSR count). The number of hydrogen-bond donors (Lipinski definition) is 0. The minimum Gasteiger partial charge on any atom is -0.458 e. The van der Waals surface area contributed by atoms with E-state index in [1.54, 1.807) is 30.3 Å². The molecular weight excluding hydrogens is 336 g/mol. The van der Waals surface area contributed by atoms with E-state index in [0.717, 1.165) is 11.8 Å². The monoisotopic (exact) mass is 345 g/mol. The third kappa shape index (κ3) is 4.88. The second-order valence-electron chi connectivity index (χ2n) is 3.94. The van der Waals surface area contributed by atoms with Gasteiger partial charge >= 0.3 is 5.97 Å². The number of rotatable bonds is 5. The Kier molecular flexibility index (Phi) is 5.85. The number of esters is 1. The molecule has 0 atom stereocenters. The van der Waals surface area contributed by atoms with Crippen LogP contribution in [0.15, 0.2) is 41.3 Å². The molecule has 0 radical (unpaired) electrons. The van der Waals surface area contributed by atoms with Crippen molar-refractivity contribution in [2.24, 2.45) is 0 Å². The zero-order chi connectivity index (χ0) is 15.2. The molecule has 1 aromatic heterocycles. The third-order valence-corrected chi connectivity index (χ3v) is 4.01. The number of ether oxygens (including phenoxy) is 1. The van der Waals surface area contributed by atoms with Crippen molar-refractivity contribution < 1.29 is 13.9 Å². The van der Waals surface area contributed by atoms with Gasteiger partial charge in [-0.1, -0.05) is 35.3 Å². The van der Waals surface area contributed by atoms with Crippen molar-refractivity contribution >= 4 is 40.9 Å². The molecule has 3 nitrogen and oxygen atoms in total. The summed E-state index contributed by atoms with van der Waals surface area (Å²) in [5, 5.41) is 0.639. The van der Waals surface area contributed by atoms with Crippen LogP contribution < -0.4 is 0 Å². The topological polar surface area (TPSA) is 39.2 Å². The van der Waals surface area contributed by atoms with Gasteiger partial charge in [-0.2, -0.15) is 0 Å². The Hall–Kier alpha value is -1.30. The maximum atomic E-state index is 13.4. The second-order valence-corrected chi connectivity index (χ2v) is 5.75. The van der Waals surface area contributed by atoms with E-state index in [4.69, 9.17) is 27.9 Å². The summed E-state index contributed by atoms with van der Waals surface area (Å²) in [7, 11) is 0. The summed E-state index contributed by atoms with van der Waals surface area (Å²) in [6, 6.07) is 9.35. The minimum atomic E-state index is -0.485. The lowest BCUT2D eigenvalue weighted by Crippen LogP contribution is -2.08. The minimum absolute atomic E-state index is 0.000875. The van der Waals surface area contributed by atoms with Gasteiger partial charge in [0.05, 0.1) is 16.5 Å². The average molecular weight is 346 g/mol. The summed E-state index contributed by atoms with van der Waals surface area (Å²) in [5.41, 5.74) is 0.383. The third-order valence-electron chi connectivity index (χ3n) is 2.44. The largest absolute Gasteiger partial charge is 0.458 e. The SMILES string of the molecule is O=C(CSc1ccccc1F)OCc1nc(Cl)ccc1Cl. The number of hydrogen-bond acceptors (Lipinski definition) is 4. The molecule has 21 heavy (non-hydrogen) atoms. The highest BCUT2D eigenvalue weighted by molar-refractivity contribution is 8.00. The molecule has 0 spiro atoms. The normalized spacial score (nSPS) is 10.4. The van der Waals surface area contributed by atoms with Crippen molar-refractivity contribution in [3.8, 4) is 0 Å². The van der Waals surface area contributed by atoms with Gasteiger partial charge in [-0.05, 0) is 24.3 Å². The fourth-order valence-corrected chi connectivity index (χ4v) is 2.51. The van der Waals surface area contributed by atoms with Crippen LogP contribution in [0.1, 0.15) is 5.69 Å². The van der Waals surface area contributed by atoms with E-state index in [0.29, 0.717) is 15.6 Å². The zero-order valence-corrected chi connectivity index (χ0v) is 13.0. The zero-order valence-electron chi connectivity index (χ0n) is 10.7. The van der Waals surface area contributed by atoms with E-state index in [-0.39, 0.29) is 23.3 Å². The van der Waals surface area contributed by atoms with E-state index in [1.165, 1.54) is 6.07 Å². The molecule has 2 aromatic rings. The Bertz CT molecular complexity index is 655. The molecule has 0 aliphatic heterocycles. The molecule has 1 aromatic carbocycles. The molecule has 1 heterocycles. The van der Waals surface area contributed by atoms with Crippen LogP contribution in [0.4, 0.5) is 4.39 Å². The summed E-state index contributed by atoms with van der Waals surface area (Å²) in [4.78, 5) is 16.0. The summed E-state index contributed by atoms with van der Waals surface area (Å²) in [5.74, 6) is -0.852. The lowest BCUT2D eigenvalue weighted by atomic mass is 10.3. The van der Waals surface area contributed by atoms with Crippen LogP contribution in [-0.2, 0) is 16.1 Å². The smallest absolute Gasteiger partial charge is 0.316 e. The van der Waals surface area contributed by atoms with Crippen molar-refractivity contribution in [1.82, 2.24) is 4.98 Å². The van der Waals surface area contributed by atoms with Gasteiger partial charge < -0.3 is 4.74 Å². The van der Waals surface area contributed by atoms with Crippen molar-refractivity contribution in [2.75, 3.05) is 5.75 Å². The molecule has 0 fully saturated rings. The standard InChI is InChI=1S/C14H10Cl2FNO2S/c15-9-5-6-13(16)18-11(9)7-20-14(19)8-21-12-4-2-1-3-10(12)17/h1-6H,7-8H2. The summed E-state index contributed by atoms with van der Waals surface area (Å²) in [6.45, 7) is -0.0734. The Morgan fingerprint density at radius 3 is 2.76 bits per heavy atom. The average Bonchev–Trinajstić information content (AvgIpc) is 2.47. The number of carbonyl (C=O) groups excluding carboxylic acids is 1. The maximum absolute atomic E-state index is 13.4. The number of thioether (sulfide) groups is 1. The van der Waals surface area contributed by atoms with Crippen LogP contribution in [0, 0.1) is 5.82 Å². The van der Waals surface area contributed by atoms with Gasteiger partial charge in [-0.3, -0.25) is 4.79 Å². The van der Waals surface area contributed by atoms with Gasteiger partial charge in [0.25, 0.3) is 0 Å². The van der Waals surface area contributed by atoms with Crippen molar-refractivity contribution in [3.63, 3.8) is 0 Å². The molecule has 0 aliphatic carbocycles. The predicted octanol–water partition coefficient (Wildman–Crippen LogP) is 4.36. The molecule has 0 bridgehead atoms. The second kappa shape index (κ2) is 7.64. The molecule has 0 amide bonds. The fraction of sp³-hybridized carbons (Fsp3) is 0.143. The molecule has 0 N–H and O–H groups in total. The molecule has 0 unspecified atom stereocenters. The first-order valence-electron chi connectivity index (χ1n) is 5.90. The Morgan fingerprint density at radius 1 is 1.24 bits per heavy atom. The van der Waals surface area contributed by atoms with Gasteiger partial charge in [0.2, 0.25) is 0 Å². The first-order valence-corrected chi connectivity index (χ1v) is 7.64. The highest BCUT2D eigenvalue weighted by Crippen LogP contribution is 2.22. The van der Waals surface area contributed by atoms with E-state index in [9.17, 15) is 9.18 Å². The van der Waals surface area contributed by atoms with E-state index in [2.05, 4.69) is 4.98 Å². The van der Waals surface area contributed by atoms with Crippen molar-refractivity contribution in [1.29, 1.82) is 0 Å². The number of halogens is 3. The number of aromatic nitrogens is 1. The van der Waals surface area contributed by atoms with Crippen LogP contribution in [0.5, 0.6) is 0 Å². The van der Waals surface area contributed by atoms with Gasteiger partial charge in [0.15, 0.2) is 0 Å². The fourth-order valence-electron chi connectivity index (χ4n) is 1.45. The van der Waals surface area contributed by atoms with Gasteiger partial charge in [-0.15, -0.1) is 11.8 Å². The van der Waals surface area contributed by atoms with Gasteiger partial charge in [0, 0.05) is 4.90 Å². The number of pyridine rings is 1. The molecule has 0 aliphatic rings. The molecule has 0 saturated heterocycles. The molecule has 110 valence electrons. The van der Waals surface area contributed by atoms with E-state index < -0.39 is 5.97 Å². The Morgan fingerprint density at radius 2 is 2.00 bits per heavy atom. The highest BCUT2D eigenvalue weighted by Gasteiger charge is 2.10. The van der Waals surface area contributed by atoms with Gasteiger partial charge in [0.1, 0.15) is 17.6 Å². The van der Waals surface area contributed by atoms with Crippen LogP contribution in [0.3, 0.4) is 0 Å². The predicted molar refractivity (Wildman–Crippen MR) is 81.2 cm³/mol. The molecular formula is C14H10Cl2FNO2S. The number of benzene rings is 1. The first-order chi connectivity index (χ1) is 10.1. The number of carbonyl (C=O) groups is 1. The van der Waals surface area contributed by atoms with Crippen molar-refractivity contribution in [2.45, 2.75) is 11.5 Å².